The maximum atomic E-state index is 9.75. The van der Waals surface area contributed by atoms with E-state index in [1.165, 1.54) is 0 Å². The molecule has 0 aromatic rings. The zero-order valence-electron chi connectivity index (χ0n) is 4.00. The largest absolute Gasteiger partial charge is 0.506 e. The van der Waals surface area contributed by atoms with Crippen LogP contribution in [0.5, 0.6) is 0 Å². The molecule has 0 heterocycles. The molecule has 0 saturated heterocycles. The fourth-order valence-corrected chi connectivity index (χ4v) is 0.871. The lowest BCUT2D eigenvalue weighted by atomic mass is 10.8. The van der Waals surface area contributed by atoms with Gasteiger partial charge in [0.05, 0.1) is 4.83 Å². The molecule has 0 amide bonds. The van der Waals surface area contributed by atoms with Crippen LogP contribution in [-0.2, 0) is 4.74 Å². The molecule has 0 bridgehead atoms. The van der Waals surface area contributed by atoms with Crippen LogP contribution in [0.25, 0.3) is 0 Å². The average Bonchev–Trinajstić information content (AvgIpc) is 2.17. The molecule has 1 saturated carbocycles. The van der Waals surface area contributed by atoms with Gasteiger partial charge in [0.15, 0.2) is 0 Å². The number of rotatable bonds is 1. The third-order valence-electron chi connectivity index (χ3n) is 0.910. The van der Waals surface area contributed by atoms with Gasteiger partial charge in [0, 0.05) is 6.42 Å². The van der Waals surface area contributed by atoms with Gasteiger partial charge in [-0.2, -0.15) is 0 Å². The molecule has 46 valence electrons. The first-order valence-electron chi connectivity index (χ1n) is 2.24. The van der Waals surface area contributed by atoms with Crippen molar-refractivity contribution in [3.8, 4) is 0 Å². The van der Waals surface area contributed by atoms with E-state index >= 15 is 0 Å². The second kappa shape index (κ2) is 1.93. The second-order valence-corrected chi connectivity index (χ2v) is 2.85. The minimum Gasteiger partial charge on any atom is -0.450 e. The van der Waals surface area contributed by atoms with Crippen LogP contribution in [0.2, 0.25) is 0 Å². The van der Waals surface area contributed by atoms with Gasteiger partial charge in [0.2, 0.25) is 0 Å². The highest BCUT2D eigenvalue weighted by Crippen LogP contribution is 2.32. The molecule has 4 heteroatoms. The second-order valence-electron chi connectivity index (χ2n) is 1.67. The number of ether oxygens (including phenoxy) is 1. The van der Waals surface area contributed by atoms with Crippen LogP contribution in [0.15, 0.2) is 0 Å². The van der Waals surface area contributed by atoms with Crippen LogP contribution in [0, 0.1) is 0 Å². The van der Waals surface area contributed by atoms with E-state index in [0.717, 1.165) is 6.42 Å². The zero-order chi connectivity index (χ0) is 6.15. The van der Waals surface area contributed by atoms with E-state index in [2.05, 4.69) is 20.7 Å². The highest BCUT2D eigenvalue weighted by atomic mass is 79.9. The third kappa shape index (κ3) is 1.36. The predicted molar refractivity (Wildman–Crippen MR) is 30.2 cm³/mol. The van der Waals surface area contributed by atoms with Crippen molar-refractivity contribution in [3.63, 3.8) is 0 Å². The molecule has 1 N–H and O–H groups in total. The number of carbonyl (C=O) groups is 1. The predicted octanol–water partition coefficient (Wildman–Crippen LogP) is 1.22. The molecule has 0 aromatic heterocycles. The molecular formula is C4H5BrO3. The number of alkyl halides is 1. The Morgan fingerprint density at radius 3 is 2.50 bits per heavy atom. The van der Waals surface area contributed by atoms with Crippen molar-refractivity contribution in [1.82, 2.24) is 0 Å². The summed E-state index contributed by atoms with van der Waals surface area (Å²) < 4.78 is 4.34. The zero-order valence-corrected chi connectivity index (χ0v) is 5.59. The molecule has 8 heavy (non-hydrogen) atoms. The Labute approximate surface area is 54.8 Å². The minimum atomic E-state index is -1.18. The molecule has 0 aromatic carbocycles. The Morgan fingerprint density at radius 1 is 1.88 bits per heavy atom. The third-order valence-corrected chi connectivity index (χ3v) is 1.87. The van der Waals surface area contributed by atoms with E-state index in [0.29, 0.717) is 0 Å². The molecule has 1 aliphatic rings. The lowest BCUT2D eigenvalue weighted by Crippen LogP contribution is -2.03. The van der Waals surface area contributed by atoms with Gasteiger partial charge in [-0.3, -0.25) is 0 Å². The first-order valence-corrected chi connectivity index (χ1v) is 3.15. The first-order chi connectivity index (χ1) is 3.70. The van der Waals surface area contributed by atoms with E-state index in [1.807, 2.05) is 0 Å². The molecule has 1 fully saturated rings. The minimum absolute atomic E-state index is 0.0903. The van der Waals surface area contributed by atoms with Crippen molar-refractivity contribution in [2.75, 3.05) is 0 Å². The van der Waals surface area contributed by atoms with Gasteiger partial charge in [-0.1, -0.05) is 15.9 Å². The Kier molecular flexibility index (Phi) is 1.42. The van der Waals surface area contributed by atoms with E-state index in [1.54, 1.807) is 0 Å². The van der Waals surface area contributed by atoms with E-state index in [-0.39, 0.29) is 10.9 Å². The van der Waals surface area contributed by atoms with E-state index in [9.17, 15) is 4.79 Å². The van der Waals surface area contributed by atoms with Crippen molar-refractivity contribution in [2.45, 2.75) is 17.4 Å². The van der Waals surface area contributed by atoms with Gasteiger partial charge < -0.3 is 9.84 Å². The topological polar surface area (TPSA) is 46.5 Å². The fraction of sp³-hybridized carbons (Fsp3) is 0.750. The van der Waals surface area contributed by atoms with Crippen molar-refractivity contribution < 1.29 is 14.6 Å². The SMILES string of the molecule is O=C(O)OC1CC1Br. The van der Waals surface area contributed by atoms with Gasteiger partial charge in [0.25, 0.3) is 0 Å². The summed E-state index contributed by atoms with van der Waals surface area (Å²) in [6, 6.07) is 0. The fourth-order valence-electron chi connectivity index (χ4n) is 0.395. The lowest BCUT2D eigenvalue weighted by molar-refractivity contribution is 0.0857. The summed E-state index contributed by atoms with van der Waals surface area (Å²) >= 11 is 3.19. The summed E-state index contributed by atoms with van der Waals surface area (Å²) in [4.78, 5) is 10.0. The van der Waals surface area contributed by atoms with Crippen LogP contribution in [-0.4, -0.2) is 22.2 Å². The Bertz CT molecular complexity index is 114. The van der Waals surface area contributed by atoms with E-state index in [4.69, 9.17) is 5.11 Å². The number of halogens is 1. The molecular weight excluding hydrogens is 176 g/mol. The van der Waals surface area contributed by atoms with Gasteiger partial charge in [-0.05, 0) is 0 Å². The summed E-state index contributed by atoms with van der Waals surface area (Å²) in [5.41, 5.74) is 0. The van der Waals surface area contributed by atoms with Crippen LogP contribution in [0.4, 0.5) is 4.79 Å². The Hall–Kier alpha value is -0.250. The smallest absolute Gasteiger partial charge is 0.450 e. The first kappa shape index (κ1) is 5.88. The molecule has 0 spiro atoms. The molecule has 0 aliphatic heterocycles. The molecule has 2 unspecified atom stereocenters. The maximum Gasteiger partial charge on any atom is 0.506 e. The highest BCUT2D eigenvalue weighted by molar-refractivity contribution is 9.09. The normalized spacial score (nSPS) is 34.1. The molecule has 0 radical (unpaired) electrons. The van der Waals surface area contributed by atoms with Crippen molar-refractivity contribution in [1.29, 1.82) is 0 Å². The Morgan fingerprint density at radius 2 is 2.38 bits per heavy atom. The molecule has 3 nitrogen and oxygen atoms in total. The van der Waals surface area contributed by atoms with Crippen molar-refractivity contribution >= 4 is 22.1 Å². The monoisotopic (exact) mass is 180 g/mol. The maximum absolute atomic E-state index is 9.75. The molecule has 1 aliphatic carbocycles. The van der Waals surface area contributed by atoms with Crippen LogP contribution >= 0.6 is 15.9 Å². The van der Waals surface area contributed by atoms with Crippen molar-refractivity contribution in [3.05, 3.63) is 0 Å². The summed E-state index contributed by atoms with van der Waals surface area (Å²) in [5.74, 6) is 0. The van der Waals surface area contributed by atoms with Gasteiger partial charge in [-0.25, -0.2) is 4.79 Å². The number of hydrogen-bond acceptors (Lipinski definition) is 2. The molecule has 1 rings (SSSR count). The highest BCUT2D eigenvalue weighted by Gasteiger charge is 2.38. The van der Waals surface area contributed by atoms with Gasteiger partial charge in [-0.15, -0.1) is 0 Å². The Balaban J connectivity index is 2.14. The average molecular weight is 181 g/mol. The summed E-state index contributed by atoms with van der Waals surface area (Å²) in [5, 5.41) is 8.00. The number of hydrogen-bond donors (Lipinski definition) is 1. The van der Waals surface area contributed by atoms with Gasteiger partial charge >= 0.3 is 6.16 Å². The standard InChI is InChI=1S/C4H5BrO3/c5-2-1-3(2)8-4(6)7/h2-3H,1H2,(H,6,7). The van der Waals surface area contributed by atoms with E-state index < -0.39 is 6.16 Å². The number of carboxylic acid groups (broad SMARTS) is 1. The summed E-state index contributed by atoms with van der Waals surface area (Å²) in [7, 11) is 0. The quantitative estimate of drug-likeness (QED) is 0.488. The summed E-state index contributed by atoms with van der Waals surface area (Å²) in [6.45, 7) is 0. The lowest BCUT2D eigenvalue weighted by Gasteiger charge is -1.91. The van der Waals surface area contributed by atoms with Gasteiger partial charge in [0.1, 0.15) is 6.10 Å². The van der Waals surface area contributed by atoms with Crippen molar-refractivity contribution in [2.24, 2.45) is 0 Å². The summed E-state index contributed by atoms with van der Waals surface area (Å²) in [6.07, 6.45) is -0.462. The molecule has 2 atom stereocenters. The van der Waals surface area contributed by atoms with Crippen LogP contribution in [0.3, 0.4) is 0 Å². The van der Waals surface area contributed by atoms with Crippen LogP contribution < -0.4 is 0 Å². The van der Waals surface area contributed by atoms with Crippen LogP contribution in [0.1, 0.15) is 6.42 Å².